The molecule has 0 aromatic heterocycles. The molecule has 22 heavy (non-hydrogen) atoms. The van der Waals surface area contributed by atoms with E-state index in [4.69, 9.17) is 16.3 Å². The third-order valence-electron chi connectivity index (χ3n) is 3.36. The molecule has 120 valence electrons. The fraction of sp³-hybridized carbons (Fsp3) is 0.462. The van der Waals surface area contributed by atoms with Crippen molar-refractivity contribution in [2.24, 2.45) is 0 Å². The lowest BCUT2D eigenvalue weighted by atomic mass is 9.80. The minimum atomic E-state index is -2.31. The van der Waals surface area contributed by atoms with Crippen LogP contribution >= 0.6 is 11.6 Å². The van der Waals surface area contributed by atoms with Crippen molar-refractivity contribution in [3.05, 3.63) is 55.1 Å². The molecule has 0 fully saturated rings. The zero-order valence-corrected chi connectivity index (χ0v) is 12.8. The monoisotopic (exact) mass is 330 g/mol. The van der Waals surface area contributed by atoms with Gasteiger partial charge in [-0.1, -0.05) is 29.8 Å². The third-order valence-corrected chi connectivity index (χ3v) is 3.70. The normalized spacial score (nSPS) is 14.7. The van der Waals surface area contributed by atoms with Gasteiger partial charge < -0.3 is 4.74 Å². The van der Waals surface area contributed by atoms with Crippen molar-refractivity contribution < 1.29 is 19.4 Å². The molecule has 1 aromatic carbocycles. The Hall–Kier alpha value is -2.22. The van der Waals surface area contributed by atoms with Gasteiger partial charge in [0.2, 0.25) is 6.54 Å². The van der Waals surface area contributed by atoms with E-state index in [0.717, 1.165) is 6.92 Å². The summed E-state index contributed by atoms with van der Waals surface area (Å²) in [4.78, 5) is 32.9. The van der Waals surface area contributed by atoms with E-state index in [2.05, 4.69) is 0 Å². The second-order valence-corrected chi connectivity index (χ2v) is 5.12. The molecule has 0 saturated carbocycles. The topological polar surface area (TPSA) is 113 Å². The number of esters is 1. The van der Waals surface area contributed by atoms with E-state index in [-0.39, 0.29) is 17.2 Å². The van der Waals surface area contributed by atoms with Crippen LogP contribution < -0.4 is 0 Å². The van der Waals surface area contributed by atoms with Gasteiger partial charge in [-0.25, -0.2) is 4.79 Å². The van der Waals surface area contributed by atoms with Crippen molar-refractivity contribution in [2.45, 2.75) is 25.3 Å². The van der Waals surface area contributed by atoms with Crippen molar-refractivity contribution >= 4 is 17.6 Å². The first-order valence-electron chi connectivity index (χ1n) is 6.43. The number of halogens is 1. The summed E-state index contributed by atoms with van der Waals surface area (Å²) in [5.74, 6) is -2.49. The van der Waals surface area contributed by atoms with Crippen LogP contribution in [-0.2, 0) is 9.53 Å². The van der Waals surface area contributed by atoms with Crippen LogP contribution in [0.1, 0.15) is 25.3 Å². The Morgan fingerprint density at radius 1 is 1.36 bits per heavy atom. The first-order valence-corrected chi connectivity index (χ1v) is 6.80. The highest BCUT2D eigenvalue weighted by Gasteiger charge is 2.57. The Labute approximate surface area is 131 Å². The van der Waals surface area contributed by atoms with E-state index in [9.17, 15) is 25.0 Å². The van der Waals surface area contributed by atoms with Crippen LogP contribution in [-0.4, -0.2) is 34.5 Å². The molecule has 0 aliphatic carbocycles. The van der Waals surface area contributed by atoms with E-state index in [1.165, 1.54) is 19.1 Å². The molecular weight excluding hydrogens is 316 g/mol. The van der Waals surface area contributed by atoms with Gasteiger partial charge in [0.15, 0.2) is 0 Å². The minimum Gasteiger partial charge on any atom is -0.461 e. The van der Waals surface area contributed by atoms with Crippen LogP contribution in [0.15, 0.2) is 24.3 Å². The third kappa shape index (κ3) is 3.51. The number of carbonyl (C=O) groups is 1. The van der Waals surface area contributed by atoms with E-state index in [1.54, 1.807) is 12.1 Å². The first kappa shape index (κ1) is 17.8. The molecule has 0 aliphatic rings. The highest BCUT2D eigenvalue weighted by Crippen LogP contribution is 2.36. The van der Waals surface area contributed by atoms with E-state index < -0.39 is 33.8 Å². The molecule has 2 atom stereocenters. The largest absolute Gasteiger partial charge is 0.461 e. The van der Waals surface area contributed by atoms with Gasteiger partial charge in [0.1, 0.15) is 5.92 Å². The lowest BCUT2D eigenvalue weighted by Crippen LogP contribution is -2.51. The van der Waals surface area contributed by atoms with Gasteiger partial charge in [0, 0.05) is 21.8 Å². The maximum absolute atomic E-state index is 12.1. The van der Waals surface area contributed by atoms with Crippen LogP contribution in [0.2, 0.25) is 5.02 Å². The molecule has 0 spiro atoms. The summed E-state index contributed by atoms with van der Waals surface area (Å²) in [6.45, 7) is 1.62. The molecule has 0 saturated heterocycles. The number of ether oxygens (including phenoxy) is 1. The Bertz CT molecular complexity index is 594. The summed E-state index contributed by atoms with van der Waals surface area (Å²) in [5.41, 5.74) is -2.15. The summed E-state index contributed by atoms with van der Waals surface area (Å²) in [6, 6.07) is 6.01. The summed E-state index contributed by atoms with van der Waals surface area (Å²) in [7, 11) is 0. The van der Waals surface area contributed by atoms with Gasteiger partial charge in [-0.05, 0) is 18.6 Å². The van der Waals surface area contributed by atoms with Crippen LogP contribution in [0, 0.1) is 20.2 Å². The standard InChI is InChI=1S/C13H15ClN2O6/c1-3-22-12(17)13(2,16(20)21)10(8-15(18)19)9-6-4-5-7-11(9)14/h4-7,10H,3,8H2,1-2H3/t10-,13+/m1/s1. The average molecular weight is 331 g/mol. The van der Waals surface area contributed by atoms with E-state index in [0.29, 0.717) is 0 Å². The molecule has 9 heteroatoms. The lowest BCUT2D eigenvalue weighted by molar-refractivity contribution is -0.570. The van der Waals surface area contributed by atoms with Crippen LogP contribution in [0.5, 0.6) is 0 Å². The minimum absolute atomic E-state index is 0.0734. The predicted molar refractivity (Wildman–Crippen MR) is 78.1 cm³/mol. The molecule has 1 aromatic rings. The second-order valence-electron chi connectivity index (χ2n) is 4.71. The Balaban J connectivity index is 3.46. The quantitative estimate of drug-likeness (QED) is 0.430. The smallest absolute Gasteiger partial charge is 0.385 e. The molecule has 0 bridgehead atoms. The second kappa shape index (κ2) is 7.17. The van der Waals surface area contributed by atoms with Crippen molar-refractivity contribution in [1.82, 2.24) is 0 Å². The Kier molecular flexibility index (Phi) is 5.81. The first-order chi connectivity index (χ1) is 10.2. The molecule has 0 aliphatic heterocycles. The number of nitro groups is 2. The molecular formula is C13H15ClN2O6. The molecule has 8 nitrogen and oxygen atoms in total. The zero-order chi connectivity index (χ0) is 16.9. The molecule has 0 amide bonds. The van der Waals surface area contributed by atoms with Crippen LogP contribution in [0.3, 0.4) is 0 Å². The van der Waals surface area contributed by atoms with Gasteiger partial charge in [-0.3, -0.25) is 20.2 Å². The van der Waals surface area contributed by atoms with Gasteiger partial charge in [-0.2, -0.15) is 0 Å². The van der Waals surface area contributed by atoms with Crippen LogP contribution in [0.4, 0.5) is 0 Å². The van der Waals surface area contributed by atoms with Crippen molar-refractivity contribution in [2.75, 3.05) is 13.2 Å². The number of rotatable bonds is 7. The number of nitrogens with zero attached hydrogens (tertiary/aromatic N) is 2. The maximum Gasteiger partial charge on any atom is 0.385 e. The van der Waals surface area contributed by atoms with Gasteiger partial charge >= 0.3 is 11.5 Å². The van der Waals surface area contributed by atoms with Crippen LogP contribution in [0.25, 0.3) is 0 Å². The Morgan fingerprint density at radius 2 is 1.95 bits per heavy atom. The Morgan fingerprint density at radius 3 is 2.41 bits per heavy atom. The maximum atomic E-state index is 12.1. The average Bonchev–Trinajstić information content (AvgIpc) is 2.44. The number of hydrogen-bond acceptors (Lipinski definition) is 6. The predicted octanol–water partition coefficient (Wildman–Crippen LogP) is 2.30. The number of benzene rings is 1. The fourth-order valence-corrected chi connectivity index (χ4v) is 2.37. The van der Waals surface area contributed by atoms with E-state index >= 15 is 0 Å². The SMILES string of the molecule is CCOC(=O)[C@](C)([C@H](C[N+](=O)[O-])c1ccccc1Cl)[N+](=O)[O-]. The fourth-order valence-electron chi connectivity index (χ4n) is 2.11. The van der Waals surface area contributed by atoms with Crippen molar-refractivity contribution in [3.63, 3.8) is 0 Å². The number of carbonyl (C=O) groups excluding carboxylic acids is 1. The lowest BCUT2D eigenvalue weighted by Gasteiger charge is -2.26. The van der Waals surface area contributed by atoms with Crippen molar-refractivity contribution in [3.8, 4) is 0 Å². The van der Waals surface area contributed by atoms with E-state index in [1.807, 2.05) is 0 Å². The molecule has 0 radical (unpaired) electrons. The highest BCUT2D eigenvalue weighted by molar-refractivity contribution is 6.31. The summed E-state index contributed by atoms with van der Waals surface area (Å²) in [5, 5.41) is 22.5. The van der Waals surface area contributed by atoms with Crippen molar-refractivity contribution in [1.29, 1.82) is 0 Å². The summed E-state index contributed by atoms with van der Waals surface area (Å²) < 4.78 is 4.75. The van der Waals surface area contributed by atoms with Gasteiger partial charge in [0.05, 0.1) is 6.61 Å². The molecule has 0 unspecified atom stereocenters. The number of hydrogen-bond donors (Lipinski definition) is 0. The zero-order valence-electron chi connectivity index (χ0n) is 12.0. The van der Waals surface area contributed by atoms with Gasteiger partial charge in [0.25, 0.3) is 0 Å². The summed E-state index contributed by atoms with van der Waals surface area (Å²) >= 11 is 6.00. The summed E-state index contributed by atoms with van der Waals surface area (Å²) in [6.07, 6.45) is 0. The molecule has 0 heterocycles. The molecule has 1 rings (SSSR count). The van der Waals surface area contributed by atoms with Gasteiger partial charge in [-0.15, -0.1) is 0 Å². The molecule has 0 N–H and O–H groups in total. The highest BCUT2D eigenvalue weighted by atomic mass is 35.5.